The third-order valence-corrected chi connectivity index (χ3v) is 4.25. The molecule has 21 heavy (non-hydrogen) atoms. The molecule has 0 saturated heterocycles. The number of nitrogens with two attached hydrogens (primary N) is 1. The van der Waals surface area contributed by atoms with Gasteiger partial charge in [0.2, 0.25) is 0 Å². The predicted molar refractivity (Wildman–Crippen MR) is 89.4 cm³/mol. The molecular formula is C17H19Cl2NO. The van der Waals surface area contributed by atoms with Crippen molar-refractivity contribution in [2.24, 2.45) is 11.7 Å². The zero-order chi connectivity index (χ0) is 15.2. The van der Waals surface area contributed by atoms with Crippen LogP contribution in [0.15, 0.2) is 42.5 Å². The van der Waals surface area contributed by atoms with Crippen LogP contribution in [0.25, 0.3) is 0 Å². The highest BCUT2D eigenvalue weighted by atomic mass is 35.5. The van der Waals surface area contributed by atoms with Crippen LogP contribution in [0.3, 0.4) is 0 Å². The van der Waals surface area contributed by atoms with Crippen LogP contribution in [-0.2, 0) is 12.8 Å². The minimum atomic E-state index is 0.287. The van der Waals surface area contributed by atoms with Crippen molar-refractivity contribution in [2.45, 2.75) is 12.8 Å². The number of methoxy groups -OCH3 is 1. The Labute approximate surface area is 135 Å². The first-order valence-corrected chi connectivity index (χ1v) is 7.65. The van der Waals surface area contributed by atoms with E-state index >= 15 is 0 Å². The van der Waals surface area contributed by atoms with Gasteiger partial charge in [0.15, 0.2) is 0 Å². The highest BCUT2D eigenvalue weighted by Gasteiger charge is 2.14. The molecule has 2 aromatic rings. The smallest absolute Gasteiger partial charge is 0.119 e. The van der Waals surface area contributed by atoms with Crippen molar-refractivity contribution in [3.8, 4) is 5.75 Å². The SMILES string of the molecule is COc1cccc(CC(CN)Cc2c(Cl)cccc2Cl)c1. The van der Waals surface area contributed by atoms with Crippen LogP contribution < -0.4 is 10.5 Å². The first kappa shape index (κ1) is 16.2. The molecule has 2 N–H and O–H groups in total. The van der Waals surface area contributed by atoms with Crippen LogP contribution in [0.1, 0.15) is 11.1 Å². The first-order chi connectivity index (χ1) is 10.1. The van der Waals surface area contributed by atoms with E-state index < -0.39 is 0 Å². The molecule has 4 heteroatoms. The summed E-state index contributed by atoms with van der Waals surface area (Å²) in [6.45, 7) is 0.582. The van der Waals surface area contributed by atoms with Gasteiger partial charge in [0.1, 0.15) is 5.75 Å². The van der Waals surface area contributed by atoms with Gasteiger partial charge in [0, 0.05) is 10.0 Å². The lowest BCUT2D eigenvalue weighted by Gasteiger charge is -2.17. The van der Waals surface area contributed by atoms with E-state index in [1.165, 1.54) is 5.56 Å². The second-order valence-corrected chi connectivity index (χ2v) is 5.88. The fourth-order valence-electron chi connectivity index (χ4n) is 2.39. The summed E-state index contributed by atoms with van der Waals surface area (Å²) in [5, 5.41) is 1.40. The highest BCUT2D eigenvalue weighted by Crippen LogP contribution is 2.28. The van der Waals surface area contributed by atoms with Crippen molar-refractivity contribution in [1.29, 1.82) is 0 Å². The third-order valence-electron chi connectivity index (χ3n) is 3.55. The topological polar surface area (TPSA) is 35.2 Å². The number of benzene rings is 2. The maximum Gasteiger partial charge on any atom is 0.119 e. The zero-order valence-corrected chi connectivity index (χ0v) is 13.5. The minimum absolute atomic E-state index is 0.287. The van der Waals surface area contributed by atoms with E-state index in [2.05, 4.69) is 6.07 Å². The molecule has 0 aromatic heterocycles. The Morgan fingerprint density at radius 1 is 1.05 bits per heavy atom. The summed E-state index contributed by atoms with van der Waals surface area (Å²) in [5.74, 6) is 1.15. The maximum absolute atomic E-state index is 6.24. The molecule has 112 valence electrons. The number of ether oxygens (including phenoxy) is 1. The lowest BCUT2D eigenvalue weighted by atomic mass is 9.92. The monoisotopic (exact) mass is 323 g/mol. The van der Waals surface area contributed by atoms with Crippen molar-refractivity contribution in [1.82, 2.24) is 0 Å². The molecule has 0 aliphatic rings. The van der Waals surface area contributed by atoms with Gasteiger partial charge in [0.25, 0.3) is 0 Å². The van der Waals surface area contributed by atoms with Gasteiger partial charge in [-0.2, -0.15) is 0 Å². The molecule has 0 radical (unpaired) electrons. The molecule has 2 nitrogen and oxygen atoms in total. The average Bonchev–Trinajstić information content (AvgIpc) is 2.50. The average molecular weight is 324 g/mol. The Morgan fingerprint density at radius 3 is 2.33 bits per heavy atom. The van der Waals surface area contributed by atoms with Crippen LogP contribution in [0.5, 0.6) is 5.75 Å². The number of rotatable bonds is 6. The molecule has 1 unspecified atom stereocenters. The second-order valence-electron chi connectivity index (χ2n) is 5.06. The van der Waals surface area contributed by atoms with Crippen molar-refractivity contribution in [3.05, 3.63) is 63.6 Å². The van der Waals surface area contributed by atoms with E-state index in [0.29, 0.717) is 16.6 Å². The molecule has 0 amide bonds. The first-order valence-electron chi connectivity index (χ1n) is 6.90. The van der Waals surface area contributed by atoms with Crippen molar-refractivity contribution < 1.29 is 4.74 Å². The lowest BCUT2D eigenvalue weighted by Crippen LogP contribution is -2.19. The summed E-state index contributed by atoms with van der Waals surface area (Å²) in [4.78, 5) is 0. The molecule has 0 bridgehead atoms. The van der Waals surface area contributed by atoms with Crippen LogP contribution in [0.2, 0.25) is 10.0 Å². The molecule has 0 aliphatic carbocycles. The summed E-state index contributed by atoms with van der Waals surface area (Å²) in [5.41, 5.74) is 8.10. The van der Waals surface area contributed by atoms with Gasteiger partial charge in [-0.15, -0.1) is 0 Å². The molecule has 0 spiro atoms. The van der Waals surface area contributed by atoms with E-state index in [-0.39, 0.29) is 5.92 Å². The minimum Gasteiger partial charge on any atom is -0.497 e. The standard InChI is InChI=1S/C17H19Cl2NO/c1-21-14-5-2-4-12(9-14)8-13(11-20)10-15-16(18)6-3-7-17(15)19/h2-7,9,13H,8,10-11,20H2,1H3. The summed E-state index contributed by atoms with van der Waals surface area (Å²) < 4.78 is 5.25. The van der Waals surface area contributed by atoms with Crippen LogP contribution in [-0.4, -0.2) is 13.7 Å². The van der Waals surface area contributed by atoms with Gasteiger partial charge in [-0.25, -0.2) is 0 Å². The Hall–Kier alpha value is -1.22. The van der Waals surface area contributed by atoms with Crippen molar-refractivity contribution in [3.63, 3.8) is 0 Å². The fraction of sp³-hybridized carbons (Fsp3) is 0.294. The summed E-state index contributed by atoms with van der Waals surface area (Å²) in [7, 11) is 1.67. The molecule has 0 aliphatic heterocycles. The van der Waals surface area contributed by atoms with Crippen molar-refractivity contribution >= 4 is 23.2 Å². The predicted octanol–water partition coefficient (Wildman–Crippen LogP) is 4.36. The Balaban J connectivity index is 2.13. The van der Waals surface area contributed by atoms with Crippen LogP contribution in [0, 0.1) is 5.92 Å². The van der Waals surface area contributed by atoms with Crippen molar-refractivity contribution in [2.75, 3.05) is 13.7 Å². The Kier molecular flexibility index (Phi) is 5.92. The lowest BCUT2D eigenvalue weighted by molar-refractivity contribution is 0.413. The van der Waals surface area contributed by atoms with E-state index in [4.69, 9.17) is 33.7 Å². The number of hydrogen-bond acceptors (Lipinski definition) is 2. The molecule has 1 atom stereocenters. The normalized spacial score (nSPS) is 12.2. The zero-order valence-electron chi connectivity index (χ0n) is 12.0. The molecule has 0 saturated carbocycles. The Bertz CT molecular complexity index is 581. The quantitative estimate of drug-likeness (QED) is 0.857. The van der Waals surface area contributed by atoms with Gasteiger partial charge in [0.05, 0.1) is 7.11 Å². The largest absolute Gasteiger partial charge is 0.497 e. The van der Waals surface area contributed by atoms with Crippen LogP contribution in [0.4, 0.5) is 0 Å². The fourth-order valence-corrected chi connectivity index (χ4v) is 2.94. The Morgan fingerprint density at radius 2 is 1.71 bits per heavy atom. The van der Waals surface area contributed by atoms with Gasteiger partial charge < -0.3 is 10.5 Å². The molecular weight excluding hydrogens is 305 g/mol. The van der Waals surface area contributed by atoms with E-state index in [0.717, 1.165) is 24.2 Å². The molecule has 0 fully saturated rings. The van der Waals surface area contributed by atoms with Gasteiger partial charge in [-0.3, -0.25) is 0 Å². The molecule has 0 heterocycles. The summed E-state index contributed by atoms with van der Waals surface area (Å²) in [6, 6.07) is 13.6. The van der Waals surface area contributed by atoms with E-state index in [9.17, 15) is 0 Å². The molecule has 2 rings (SSSR count). The molecule has 2 aromatic carbocycles. The summed E-state index contributed by atoms with van der Waals surface area (Å²) in [6.07, 6.45) is 1.64. The van der Waals surface area contributed by atoms with Gasteiger partial charge in [-0.1, -0.05) is 41.4 Å². The van der Waals surface area contributed by atoms with Gasteiger partial charge in [-0.05, 0) is 60.7 Å². The highest BCUT2D eigenvalue weighted by molar-refractivity contribution is 6.35. The maximum atomic E-state index is 6.24. The summed E-state index contributed by atoms with van der Waals surface area (Å²) >= 11 is 12.5. The van der Waals surface area contributed by atoms with E-state index in [1.807, 2.05) is 36.4 Å². The third kappa shape index (κ3) is 4.37. The van der Waals surface area contributed by atoms with Gasteiger partial charge >= 0.3 is 0 Å². The number of halogens is 2. The number of hydrogen-bond donors (Lipinski definition) is 1. The second kappa shape index (κ2) is 7.69. The van der Waals surface area contributed by atoms with E-state index in [1.54, 1.807) is 7.11 Å². The van der Waals surface area contributed by atoms with Crippen LogP contribution >= 0.6 is 23.2 Å².